The Hall–Kier alpha value is -3.81. The van der Waals surface area contributed by atoms with Gasteiger partial charge in [0.25, 0.3) is 5.91 Å². The number of fused-ring (bicyclic) bond motifs is 1. The van der Waals surface area contributed by atoms with Crippen molar-refractivity contribution in [1.29, 1.82) is 0 Å². The fourth-order valence-electron chi connectivity index (χ4n) is 4.00. The van der Waals surface area contributed by atoms with Crippen molar-refractivity contribution in [2.24, 2.45) is 7.05 Å². The maximum Gasteiger partial charge on any atom is 0.252 e. The number of carbonyl (C=O) groups is 1. The van der Waals surface area contributed by atoms with Gasteiger partial charge >= 0.3 is 0 Å². The second kappa shape index (κ2) is 8.27. The molecule has 4 atom stereocenters. The van der Waals surface area contributed by atoms with Gasteiger partial charge in [-0.3, -0.25) is 9.48 Å². The molecule has 33 heavy (non-hydrogen) atoms. The number of amides is 1. The number of hydrogen-bond donors (Lipinski definition) is 5. The van der Waals surface area contributed by atoms with Crippen LogP contribution in [-0.4, -0.2) is 75.3 Å². The van der Waals surface area contributed by atoms with Gasteiger partial charge in [0.15, 0.2) is 12.3 Å². The predicted octanol–water partition coefficient (Wildman–Crippen LogP) is -0.885. The fraction of sp³-hybridized carbons (Fsp3) is 0.350. The van der Waals surface area contributed by atoms with Crippen molar-refractivity contribution in [2.75, 3.05) is 12.3 Å². The van der Waals surface area contributed by atoms with Gasteiger partial charge in [-0.1, -0.05) is 0 Å². The number of nitrogens with two attached hydrogens (primary N) is 1. The number of hydrogen-bond acceptors (Lipinski definition) is 9. The first kappa shape index (κ1) is 21.1. The van der Waals surface area contributed by atoms with E-state index in [0.29, 0.717) is 35.3 Å². The number of nitrogens with zero attached hydrogens (tertiary/aromatic N) is 6. The molecule has 0 aliphatic carbocycles. The molecule has 13 nitrogen and oxygen atoms in total. The van der Waals surface area contributed by atoms with Crippen molar-refractivity contribution in [3.8, 4) is 11.3 Å². The van der Waals surface area contributed by atoms with Gasteiger partial charge < -0.3 is 35.6 Å². The molecule has 4 aromatic rings. The van der Waals surface area contributed by atoms with Gasteiger partial charge in [-0.2, -0.15) is 5.10 Å². The Kier molecular flexibility index (Phi) is 5.28. The zero-order chi connectivity index (χ0) is 23.1. The second-order valence-corrected chi connectivity index (χ2v) is 7.83. The van der Waals surface area contributed by atoms with Crippen LogP contribution in [-0.2, 0) is 23.0 Å². The molecule has 13 heteroatoms. The summed E-state index contributed by atoms with van der Waals surface area (Å²) >= 11 is 0. The summed E-state index contributed by atoms with van der Waals surface area (Å²) in [5.41, 5.74) is 8.64. The smallest absolute Gasteiger partial charge is 0.252 e. The minimum absolute atomic E-state index is 0.237. The van der Waals surface area contributed by atoms with E-state index in [1.165, 1.54) is 6.33 Å². The van der Waals surface area contributed by atoms with E-state index >= 15 is 0 Å². The highest BCUT2D eigenvalue weighted by atomic mass is 16.6. The van der Waals surface area contributed by atoms with Crippen LogP contribution in [0.3, 0.4) is 0 Å². The number of nitrogens with one attached hydrogen (secondary N) is 2. The Morgan fingerprint density at radius 2 is 2.18 bits per heavy atom. The number of H-pyrrole nitrogens is 1. The molecule has 0 spiro atoms. The normalized spacial score (nSPS) is 22.8. The first-order valence-electron chi connectivity index (χ1n) is 10.3. The molecule has 5 rings (SSSR count). The lowest BCUT2D eigenvalue weighted by Crippen LogP contribution is -2.43. The van der Waals surface area contributed by atoms with Crippen molar-refractivity contribution in [2.45, 2.75) is 31.0 Å². The number of anilines is 1. The van der Waals surface area contributed by atoms with Crippen molar-refractivity contribution in [1.82, 2.24) is 39.6 Å². The van der Waals surface area contributed by atoms with Gasteiger partial charge in [-0.15, -0.1) is 0 Å². The predicted molar refractivity (Wildman–Crippen MR) is 115 cm³/mol. The fourth-order valence-corrected chi connectivity index (χ4v) is 4.00. The summed E-state index contributed by atoms with van der Waals surface area (Å²) in [6.07, 6.45) is 3.37. The summed E-state index contributed by atoms with van der Waals surface area (Å²) in [5.74, 6) is -0.292. The average molecular weight is 453 g/mol. The van der Waals surface area contributed by atoms with Gasteiger partial charge in [0.1, 0.15) is 30.0 Å². The van der Waals surface area contributed by atoms with Crippen molar-refractivity contribution < 1.29 is 19.7 Å². The highest BCUT2D eigenvalue weighted by Gasteiger charge is 2.47. The number of ether oxygens (including phenoxy) is 1. The molecule has 1 aliphatic heterocycles. The monoisotopic (exact) mass is 453 g/mol. The summed E-state index contributed by atoms with van der Waals surface area (Å²) in [6.45, 7) is 0.314. The Morgan fingerprint density at radius 3 is 2.91 bits per heavy atom. The third-order valence-corrected chi connectivity index (χ3v) is 5.65. The number of aromatic amines is 1. The maximum absolute atomic E-state index is 12.7. The molecule has 1 fully saturated rings. The van der Waals surface area contributed by atoms with E-state index in [9.17, 15) is 15.0 Å². The topological polar surface area (TPSA) is 182 Å². The van der Waals surface area contributed by atoms with Crippen LogP contribution in [0.15, 0.2) is 37.3 Å². The highest BCUT2D eigenvalue weighted by Crippen LogP contribution is 2.37. The Balaban J connectivity index is 1.41. The van der Waals surface area contributed by atoms with Crippen LogP contribution in [0.4, 0.5) is 5.82 Å². The molecule has 1 saturated heterocycles. The summed E-state index contributed by atoms with van der Waals surface area (Å²) in [6, 6.07) is 1.81. The summed E-state index contributed by atoms with van der Waals surface area (Å²) in [4.78, 5) is 27.9. The standard InChI is InChI=1S/C20H23N9O4/c1-28-5-3-12(27-28)11-7-29(18-13(11)17(21)25-9-26-18)20-15(31)14(30)16(33-20)19(32)23-4-2-10-6-22-8-24-10/h3,5-9,14-16,20,30-31H,2,4H2,1H3,(H,22,24)(H,23,32)(H2,21,25,26)/t14-,15+,16-,20+/m0/s1. The number of nitrogen functional groups attached to an aromatic ring is 1. The lowest BCUT2D eigenvalue weighted by Gasteiger charge is -2.17. The molecule has 4 aromatic heterocycles. The van der Waals surface area contributed by atoms with E-state index in [4.69, 9.17) is 10.5 Å². The highest BCUT2D eigenvalue weighted by molar-refractivity contribution is 5.99. The molecule has 0 saturated carbocycles. The van der Waals surface area contributed by atoms with E-state index in [-0.39, 0.29) is 5.82 Å². The first-order chi connectivity index (χ1) is 15.9. The molecule has 0 radical (unpaired) electrons. The van der Waals surface area contributed by atoms with E-state index in [1.54, 1.807) is 41.2 Å². The molecule has 0 unspecified atom stereocenters. The van der Waals surface area contributed by atoms with Crippen LogP contribution >= 0.6 is 0 Å². The van der Waals surface area contributed by atoms with Crippen molar-refractivity contribution in [3.05, 3.63) is 43.0 Å². The largest absolute Gasteiger partial charge is 0.387 e. The van der Waals surface area contributed by atoms with E-state index in [2.05, 4.69) is 30.4 Å². The minimum Gasteiger partial charge on any atom is -0.387 e. The van der Waals surface area contributed by atoms with E-state index < -0.39 is 30.4 Å². The van der Waals surface area contributed by atoms with E-state index in [0.717, 1.165) is 5.69 Å². The summed E-state index contributed by atoms with van der Waals surface area (Å²) in [7, 11) is 1.79. The molecule has 1 aliphatic rings. The number of imidazole rings is 1. The van der Waals surface area contributed by atoms with Crippen LogP contribution in [0.5, 0.6) is 0 Å². The molecule has 6 N–H and O–H groups in total. The van der Waals surface area contributed by atoms with Gasteiger partial charge in [-0.25, -0.2) is 15.0 Å². The number of carbonyl (C=O) groups excluding carboxylic acids is 1. The maximum atomic E-state index is 12.7. The van der Waals surface area contributed by atoms with Crippen LogP contribution in [0, 0.1) is 0 Å². The van der Waals surface area contributed by atoms with Crippen LogP contribution in [0.2, 0.25) is 0 Å². The number of aromatic nitrogens is 7. The Labute approximate surface area is 187 Å². The third kappa shape index (κ3) is 3.71. The zero-order valence-electron chi connectivity index (χ0n) is 17.7. The minimum atomic E-state index is -1.43. The number of aliphatic hydroxyl groups excluding tert-OH is 2. The lowest BCUT2D eigenvalue weighted by molar-refractivity contribution is -0.137. The summed E-state index contributed by atoms with van der Waals surface area (Å²) < 4.78 is 9.02. The molecule has 0 aromatic carbocycles. The van der Waals surface area contributed by atoms with Crippen LogP contribution < -0.4 is 11.1 Å². The molecular formula is C20H23N9O4. The van der Waals surface area contributed by atoms with Gasteiger partial charge in [0.05, 0.1) is 17.4 Å². The van der Waals surface area contributed by atoms with Crippen molar-refractivity contribution >= 4 is 22.8 Å². The van der Waals surface area contributed by atoms with Crippen LogP contribution in [0.25, 0.3) is 22.3 Å². The lowest BCUT2D eigenvalue weighted by atomic mass is 10.1. The molecule has 0 bridgehead atoms. The molecule has 5 heterocycles. The number of rotatable bonds is 6. The zero-order valence-corrected chi connectivity index (χ0v) is 17.7. The summed E-state index contributed by atoms with van der Waals surface area (Å²) in [5, 5.41) is 29.0. The van der Waals surface area contributed by atoms with Gasteiger partial charge in [-0.05, 0) is 6.07 Å². The molecular weight excluding hydrogens is 430 g/mol. The van der Waals surface area contributed by atoms with Gasteiger partial charge in [0.2, 0.25) is 0 Å². The van der Waals surface area contributed by atoms with Gasteiger partial charge in [0, 0.05) is 49.9 Å². The first-order valence-corrected chi connectivity index (χ1v) is 10.3. The average Bonchev–Trinajstić information content (AvgIpc) is 3.57. The Bertz CT molecular complexity index is 1280. The van der Waals surface area contributed by atoms with Crippen LogP contribution in [0.1, 0.15) is 11.9 Å². The number of aliphatic hydroxyl groups is 2. The number of aryl methyl sites for hydroxylation is 1. The quantitative estimate of drug-likeness (QED) is 0.247. The Morgan fingerprint density at radius 1 is 1.33 bits per heavy atom. The van der Waals surface area contributed by atoms with E-state index in [1.807, 2.05) is 6.07 Å². The third-order valence-electron chi connectivity index (χ3n) is 5.65. The van der Waals surface area contributed by atoms with Crippen molar-refractivity contribution in [3.63, 3.8) is 0 Å². The second-order valence-electron chi connectivity index (χ2n) is 7.83. The molecule has 172 valence electrons. The SMILES string of the molecule is Cn1ccc(-c2cn([C@@H]3O[C@H](C(=O)NCCc4cnc[nH]4)[C@@H](O)[C@H]3O)c3ncnc(N)c23)n1. The molecule has 1 amide bonds.